The molecule has 5 nitrogen and oxygen atoms in total. The Bertz CT molecular complexity index is 1640. The number of nitrogens with one attached hydrogen (secondary N) is 1. The van der Waals surface area contributed by atoms with Gasteiger partial charge < -0.3 is 19.5 Å². The molecule has 1 N–H and O–H groups in total. The Labute approximate surface area is 235 Å². The van der Waals surface area contributed by atoms with Crippen LogP contribution in [0.1, 0.15) is 48.6 Å². The second-order valence-electron chi connectivity index (χ2n) is 10.3. The van der Waals surface area contributed by atoms with Crippen LogP contribution in [-0.4, -0.2) is 20.8 Å². The summed E-state index contributed by atoms with van der Waals surface area (Å²) >= 11 is 5.97. The van der Waals surface area contributed by atoms with E-state index in [1.807, 2.05) is 44.3 Å². The highest BCUT2D eigenvalue weighted by molar-refractivity contribution is 7.80. The monoisotopic (exact) mass is 532 g/mol. The first-order chi connectivity index (χ1) is 18.9. The minimum absolute atomic E-state index is 0.0841. The van der Waals surface area contributed by atoms with Gasteiger partial charge in [-0.1, -0.05) is 42.5 Å². The number of aromatic nitrogens is 2. The van der Waals surface area contributed by atoms with Crippen molar-refractivity contribution in [2.45, 2.75) is 45.9 Å². The Morgan fingerprint density at radius 2 is 1.64 bits per heavy atom. The van der Waals surface area contributed by atoms with Crippen molar-refractivity contribution in [2.24, 2.45) is 0 Å². The van der Waals surface area contributed by atoms with Crippen LogP contribution in [0.3, 0.4) is 0 Å². The van der Waals surface area contributed by atoms with Crippen molar-refractivity contribution in [2.75, 3.05) is 4.90 Å². The number of thiocarbonyl (C=S) groups is 1. The maximum atomic E-state index is 5.97. The molecule has 0 aliphatic carbocycles. The van der Waals surface area contributed by atoms with E-state index >= 15 is 0 Å². The lowest BCUT2D eigenvalue weighted by Gasteiger charge is -2.28. The SMILES string of the molecule is Cc1cc([C@H]2[C@H](c3ccccn3)NC(=S)N2c2ccc(OC(C)C)cc2)c(C)n1-c1cccc2ccccc12. The first-order valence-electron chi connectivity index (χ1n) is 13.4. The summed E-state index contributed by atoms with van der Waals surface area (Å²) in [6, 6.07) is 31.4. The molecule has 196 valence electrons. The third-order valence-corrected chi connectivity index (χ3v) is 7.70. The van der Waals surface area contributed by atoms with Crippen molar-refractivity contribution in [1.29, 1.82) is 0 Å². The van der Waals surface area contributed by atoms with Crippen LogP contribution in [-0.2, 0) is 0 Å². The molecule has 1 fully saturated rings. The lowest BCUT2D eigenvalue weighted by molar-refractivity contribution is 0.242. The van der Waals surface area contributed by atoms with Crippen LogP contribution in [0.2, 0.25) is 0 Å². The molecule has 0 saturated carbocycles. The fraction of sp³-hybridized carbons (Fsp3) is 0.212. The zero-order chi connectivity index (χ0) is 27.1. The number of pyridine rings is 1. The zero-order valence-corrected chi connectivity index (χ0v) is 23.4. The first kappa shape index (κ1) is 25.1. The lowest BCUT2D eigenvalue weighted by Crippen LogP contribution is -2.29. The quantitative estimate of drug-likeness (QED) is 0.228. The second-order valence-corrected chi connectivity index (χ2v) is 10.7. The van der Waals surface area contributed by atoms with Gasteiger partial charge in [-0.05, 0) is 99.4 Å². The Hall–Kier alpha value is -4.16. The van der Waals surface area contributed by atoms with Gasteiger partial charge in [-0.25, -0.2) is 0 Å². The van der Waals surface area contributed by atoms with E-state index in [9.17, 15) is 0 Å². The van der Waals surface area contributed by atoms with Gasteiger partial charge in [0.1, 0.15) is 5.75 Å². The molecule has 1 aliphatic heterocycles. The molecule has 3 heterocycles. The molecule has 1 saturated heterocycles. The van der Waals surface area contributed by atoms with Crippen molar-refractivity contribution >= 4 is 33.8 Å². The number of hydrogen-bond acceptors (Lipinski definition) is 3. The van der Waals surface area contributed by atoms with Gasteiger partial charge in [0.25, 0.3) is 0 Å². The summed E-state index contributed by atoms with van der Waals surface area (Å²) < 4.78 is 8.27. The van der Waals surface area contributed by atoms with Crippen LogP contribution >= 0.6 is 12.2 Å². The van der Waals surface area contributed by atoms with Crippen molar-refractivity contribution in [3.05, 3.63) is 120 Å². The predicted molar refractivity (Wildman–Crippen MR) is 163 cm³/mol. The molecule has 6 rings (SSSR count). The number of ether oxygens (including phenoxy) is 1. The van der Waals surface area contributed by atoms with Crippen molar-refractivity contribution in [3.63, 3.8) is 0 Å². The van der Waals surface area contributed by atoms with E-state index in [1.54, 1.807) is 0 Å². The summed E-state index contributed by atoms with van der Waals surface area (Å²) in [6.07, 6.45) is 1.96. The van der Waals surface area contributed by atoms with Crippen LogP contribution < -0.4 is 15.0 Å². The highest BCUT2D eigenvalue weighted by Gasteiger charge is 2.42. The Balaban J connectivity index is 1.50. The van der Waals surface area contributed by atoms with Crippen molar-refractivity contribution < 1.29 is 4.74 Å². The molecular weight excluding hydrogens is 500 g/mol. The fourth-order valence-corrected chi connectivity index (χ4v) is 6.11. The summed E-state index contributed by atoms with van der Waals surface area (Å²) in [7, 11) is 0. The van der Waals surface area contributed by atoms with Gasteiger partial charge in [-0.15, -0.1) is 0 Å². The van der Waals surface area contributed by atoms with Gasteiger partial charge in [-0.2, -0.15) is 0 Å². The average molecular weight is 533 g/mol. The Kier molecular flexibility index (Phi) is 6.57. The number of fused-ring (bicyclic) bond motifs is 1. The van der Waals surface area contributed by atoms with Gasteiger partial charge in [0.2, 0.25) is 0 Å². The number of benzene rings is 3. The molecule has 5 aromatic rings. The van der Waals surface area contributed by atoms with E-state index < -0.39 is 0 Å². The van der Waals surface area contributed by atoms with Gasteiger partial charge in [0, 0.05) is 28.7 Å². The number of anilines is 1. The molecule has 0 spiro atoms. The summed E-state index contributed by atoms with van der Waals surface area (Å²) in [5.74, 6) is 0.846. The number of hydrogen-bond donors (Lipinski definition) is 1. The van der Waals surface area contributed by atoms with Gasteiger partial charge in [0.05, 0.1) is 29.6 Å². The molecule has 3 aromatic carbocycles. The van der Waals surface area contributed by atoms with E-state index in [4.69, 9.17) is 21.9 Å². The van der Waals surface area contributed by atoms with E-state index in [-0.39, 0.29) is 18.2 Å². The molecule has 1 aliphatic rings. The normalized spacial score (nSPS) is 17.2. The van der Waals surface area contributed by atoms with Crippen LogP contribution in [0.5, 0.6) is 5.75 Å². The molecule has 6 heteroatoms. The third kappa shape index (κ3) is 4.55. The Morgan fingerprint density at radius 1 is 0.897 bits per heavy atom. The highest BCUT2D eigenvalue weighted by atomic mass is 32.1. The second kappa shape index (κ2) is 10.2. The number of nitrogens with zero attached hydrogens (tertiary/aromatic N) is 3. The first-order valence-corrected chi connectivity index (χ1v) is 13.8. The standard InChI is InChI=1S/C33H32N4OS/c1-21(2)38-26-17-15-25(16-18-26)37-32(31(35-33(37)39)29-13-7-8-19-34-29)28-20-22(3)36(23(28)4)30-14-9-11-24-10-5-6-12-27(24)30/h5-21,31-32H,1-4H3,(H,35,39)/t31-,32-/m0/s1. The van der Waals surface area contributed by atoms with E-state index in [0.29, 0.717) is 5.11 Å². The van der Waals surface area contributed by atoms with Crippen LogP contribution in [0.25, 0.3) is 16.5 Å². The van der Waals surface area contributed by atoms with Gasteiger partial charge in [0.15, 0.2) is 5.11 Å². The average Bonchev–Trinajstić information content (AvgIpc) is 3.43. The molecule has 0 amide bonds. The van der Waals surface area contributed by atoms with E-state index in [2.05, 4.69) is 95.4 Å². The number of aryl methyl sites for hydroxylation is 1. The number of rotatable bonds is 6. The third-order valence-electron chi connectivity index (χ3n) is 7.38. The summed E-state index contributed by atoms with van der Waals surface area (Å²) in [4.78, 5) is 6.95. The van der Waals surface area contributed by atoms with Crippen LogP contribution in [0.4, 0.5) is 5.69 Å². The largest absolute Gasteiger partial charge is 0.491 e. The lowest BCUT2D eigenvalue weighted by atomic mass is 9.96. The molecular formula is C33H32N4OS. The maximum absolute atomic E-state index is 5.97. The summed E-state index contributed by atoms with van der Waals surface area (Å²) in [5.41, 5.74) is 6.73. The summed E-state index contributed by atoms with van der Waals surface area (Å²) in [5, 5.41) is 6.73. The van der Waals surface area contributed by atoms with Gasteiger partial charge in [-0.3, -0.25) is 4.98 Å². The smallest absolute Gasteiger partial charge is 0.174 e. The molecule has 0 radical (unpaired) electrons. The van der Waals surface area contributed by atoms with E-state index in [0.717, 1.165) is 17.1 Å². The van der Waals surface area contributed by atoms with Gasteiger partial charge >= 0.3 is 0 Å². The minimum atomic E-state index is -0.105. The van der Waals surface area contributed by atoms with Crippen LogP contribution in [0.15, 0.2) is 97.2 Å². The molecule has 0 bridgehead atoms. The Morgan fingerprint density at radius 3 is 2.38 bits per heavy atom. The van der Waals surface area contributed by atoms with Crippen molar-refractivity contribution in [1.82, 2.24) is 14.9 Å². The predicted octanol–water partition coefficient (Wildman–Crippen LogP) is 7.61. The van der Waals surface area contributed by atoms with Crippen LogP contribution in [0, 0.1) is 13.8 Å². The molecule has 39 heavy (non-hydrogen) atoms. The molecule has 2 aromatic heterocycles. The fourth-order valence-electron chi connectivity index (χ4n) is 5.77. The minimum Gasteiger partial charge on any atom is -0.491 e. The highest BCUT2D eigenvalue weighted by Crippen LogP contribution is 2.44. The zero-order valence-electron chi connectivity index (χ0n) is 22.6. The topological polar surface area (TPSA) is 42.3 Å². The maximum Gasteiger partial charge on any atom is 0.174 e. The van der Waals surface area contributed by atoms with E-state index in [1.165, 1.54) is 33.4 Å². The molecule has 0 unspecified atom stereocenters. The van der Waals surface area contributed by atoms with Crippen molar-refractivity contribution in [3.8, 4) is 11.4 Å². The molecule has 2 atom stereocenters. The summed E-state index contributed by atoms with van der Waals surface area (Å²) in [6.45, 7) is 8.45.